The summed E-state index contributed by atoms with van der Waals surface area (Å²) in [4.78, 5) is 7.05. The fraction of sp³-hybridized carbons (Fsp3) is 0.550. The number of hydrogen-bond acceptors (Lipinski definition) is 4. The van der Waals surface area contributed by atoms with Crippen molar-refractivity contribution in [2.24, 2.45) is 4.99 Å². The molecule has 7 nitrogen and oxygen atoms in total. The van der Waals surface area contributed by atoms with Crippen molar-refractivity contribution in [1.82, 2.24) is 30.3 Å². The van der Waals surface area contributed by atoms with Crippen molar-refractivity contribution in [3.63, 3.8) is 0 Å². The number of halogens is 1. The molecule has 1 aliphatic heterocycles. The minimum atomic E-state index is 0. The summed E-state index contributed by atoms with van der Waals surface area (Å²) >= 11 is 0. The lowest BCUT2D eigenvalue weighted by molar-refractivity contribution is 0.242. The summed E-state index contributed by atoms with van der Waals surface area (Å²) in [6.07, 6.45) is 8.45. The first kappa shape index (κ1) is 21.0. The zero-order valence-electron chi connectivity index (χ0n) is 16.4. The van der Waals surface area contributed by atoms with Crippen molar-refractivity contribution >= 4 is 29.9 Å². The highest BCUT2D eigenvalue weighted by Crippen LogP contribution is 2.26. The van der Waals surface area contributed by atoms with Gasteiger partial charge in [0.15, 0.2) is 11.8 Å². The van der Waals surface area contributed by atoms with Gasteiger partial charge in [0.25, 0.3) is 0 Å². The summed E-state index contributed by atoms with van der Waals surface area (Å²) in [5, 5.41) is 15.3. The highest BCUT2D eigenvalue weighted by molar-refractivity contribution is 14.0. The van der Waals surface area contributed by atoms with E-state index in [1.54, 1.807) is 6.33 Å². The lowest BCUT2D eigenvalue weighted by Crippen LogP contribution is -2.45. The lowest BCUT2D eigenvalue weighted by Gasteiger charge is -2.24. The average Bonchev–Trinajstić information content (AvgIpc) is 3.47. The van der Waals surface area contributed by atoms with Gasteiger partial charge in [-0.1, -0.05) is 31.0 Å². The first-order valence-electron chi connectivity index (χ1n) is 9.99. The van der Waals surface area contributed by atoms with Crippen LogP contribution in [0.4, 0.5) is 0 Å². The molecule has 1 unspecified atom stereocenters. The maximum Gasteiger partial charge on any atom is 0.191 e. The van der Waals surface area contributed by atoms with E-state index in [9.17, 15) is 0 Å². The molecule has 2 aliphatic rings. The smallest absolute Gasteiger partial charge is 0.191 e. The van der Waals surface area contributed by atoms with Gasteiger partial charge in [-0.25, -0.2) is 0 Å². The number of aliphatic imine (C=N–C) groups is 1. The zero-order chi connectivity index (χ0) is 18.5. The minimum absolute atomic E-state index is 0. The van der Waals surface area contributed by atoms with Crippen LogP contribution >= 0.6 is 24.0 Å². The topological polar surface area (TPSA) is 70.4 Å². The van der Waals surface area contributed by atoms with Crippen LogP contribution in [0.25, 0.3) is 5.69 Å². The molecule has 4 rings (SSSR count). The Morgan fingerprint density at radius 1 is 1.18 bits per heavy atom. The molecule has 1 saturated heterocycles. The number of nitrogens with zero attached hydrogens (tertiary/aromatic N) is 5. The normalized spacial score (nSPS) is 20.9. The van der Waals surface area contributed by atoms with E-state index in [4.69, 9.17) is 0 Å². The Hall–Kier alpha value is -1.68. The monoisotopic (exact) mass is 495 g/mol. The molecule has 2 heterocycles. The molecule has 28 heavy (non-hydrogen) atoms. The van der Waals surface area contributed by atoms with Crippen molar-refractivity contribution in [3.05, 3.63) is 42.5 Å². The molecular formula is C20H30IN7. The number of hydrogen-bond donors (Lipinski definition) is 2. The number of nitrogens with one attached hydrogen (secondary N) is 2. The Morgan fingerprint density at radius 2 is 1.96 bits per heavy atom. The third-order valence-electron chi connectivity index (χ3n) is 5.69. The van der Waals surface area contributed by atoms with Crippen LogP contribution in [0, 0.1) is 0 Å². The zero-order valence-corrected chi connectivity index (χ0v) is 18.8. The average molecular weight is 495 g/mol. The molecule has 152 valence electrons. The summed E-state index contributed by atoms with van der Waals surface area (Å²) in [5.74, 6) is 1.69. The summed E-state index contributed by atoms with van der Waals surface area (Å²) in [7, 11) is 1.82. The molecule has 0 spiro atoms. The Labute approximate surface area is 184 Å². The van der Waals surface area contributed by atoms with Gasteiger partial charge in [0.05, 0.1) is 6.54 Å². The van der Waals surface area contributed by atoms with Gasteiger partial charge >= 0.3 is 0 Å². The number of benzene rings is 1. The number of guanidine groups is 1. The molecule has 1 saturated carbocycles. The molecular weight excluding hydrogens is 465 g/mol. The largest absolute Gasteiger partial charge is 0.352 e. The maximum atomic E-state index is 4.39. The van der Waals surface area contributed by atoms with Crippen LogP contribution in [-0.2, 0) is 6.54 Å². The number of rotatable bonds is 5. The van der Waals surface area contributed by atoms with E-state index in [1.807, 2.05) is 29.8 Å². The van der Waals surface area contributed by atoms with Gasteiger partial charge in [0, 0.05) is 37.9 Å². The standard InChI is InChI=1S/C20H29N7.HI/c1-21-20(24-16-11-12-26(14-16)17-7-5-6-8-17)22-13-19-25-23-15-27(19)18-9-3-2-4-10-18;/h2-4,9-10,15-17H,5-8,11-14H2,1H3,(H2,21,22,24);1H. The molecule has 2 fully saturated rings. The molecule has 1 atom stereocenters. The van der Waals surface area contributed by atoms with Crippen LogP contribution in [0.2, 0.25) is 0 Å². The molecule has 0 bridgehead atoms. The van der Waals surface area contributed by atoms with Crippen LogP contribution in [0.15, 0.2) is 41.7 Å². The van der Waals surface area contributed by atoms with Crippen molar-refractivity contribution in [1.29, 1.82) is 0 Å². The second kappa shape index (κ2) is 10.2. The minimum Gasteiger partial charge on any atom is -0.352 e. The quantitative estimate of drug-likeness (QED) is 0.379. The van der Waals surface area contributed by atoms with E-state index in [1.165, 1.54) is 38.6 Å². The number of aromatic nitrogens is 3. The van der Waals surface area contributed by atoms with Crippen molar-refractivity contribution in [2.45, 2.75) is 50.7 Å². The molecule has 0 radical (unpaired) electrons. The van der Waals surface area contributed by atoms with Crippen molar-refractivity contribution in [3.8, 4) is 5.69 Å². The summed E-state index contributed by atoms with van der Waals surface area (Å²) in [5.41, 5.74) is 1.06. The first-order chi connectivity index (χ1) is 13.3. The Balaban J connectivity index is 0.00000225. The van der Waals surface area contributed by atoms with Gasteiger partial charge in [-0.2, -0.15) is 0 Å². The SMILES string of the molecule is CN=C(NCc1nncn1-c1ccccc1)NC1CCN(C2CCCC2)C1.I. The van der Waals surface area contributed by atoms with E-state index in [0.717, 1.165) is 30.1 Å². The third kappa shape index (κ3) is 5.02. The van der Waals surface area contributed by atoms with Gasteiger partial charge in [-0.3, -0.25) is 14.5 Å². The predicted octanol–water partition coefficient (Wildman–Crippen LogP) is 2.57. The summed E-state index contributed by atoms with van der Waals surface area (Å²) in [6, 6.07) is 11.4. The van der Waals surface area contributed by atoms with E-state index in [-0.39, 0.29) is 24.0 Å². The van der Waals surface area contributed by atoms with Crippen LogP contribution in [-0.4, -0.2) is 57.8 Å². The molecule has 0 amide bonds. The highest BCUT2D eigenvalue weighted by Gasteiger charge is 2.30. The van der Waals surface area contributed by atoms with Gasteiger partial charge in [-0.15, -0.1) is 34.2 Å². The third-order valence-corrected chi connectivity index (χ3v) is 5.69. The maximum absolute atomic E-state index is 4.39. The van der Waals surface area contributed by atoms with Crippen LogP contribution in [0.3, 0.4) is 0 Å². The number of para-hydroxylation sites is 1. The Kier molecular flexibility index (Phi) is 7.66. The summed E-state index contributed by atoms with van der Waals surface area (Å²) in [6.45, 7) is 2.89. The van der Waals surface area contributed by atoms with Gasteiger partial charge in [0.2, 0.25) is 0 Å². The summed E-state index contributed by atoms with van der Waals surface area (Å²) < 4.78 is 2.00. The van der Waals surface area contributed by atoms with E-state index < -0.39 is 0 Å². The van der Waals surface area contributed by atoms with E-state index >= 15 is 0 Å². The fourth-order valence-corrected chi connectivity index (χ4v) is 4.24. The van der Waals surface area contributed by atoms with Crippen molar-refractivity contribution < 1.29 is 0 Å². The number of likely N-dealkylation sites (tertiary alicyclic amines) is 1. The van der Waals surface area contributed by atoms with Crippen LogP contribution in [0.1, 0.15) is 37.9 Å². The van der Waals surface area contributed by atoms with Crippen molar-refractivity contribution in [2.75, 3.05) is 20.1 Å². The highest BCUT2D eigenvalue weighted by atomic mass is 127. The van der Waals surface area contributed by atoms with E-state index in [0.29, 0.717) is 12.6 Å². The Bertz CT molecular complexity index is 755. The second-order valence-electron chi connectivity index (χ2n) is 7.44. The molecule has 1 aromatic heterocycles. The lowest BCUT2D eigenvalue weighted by atomic mass is 10.2. The molecule has 2 N–H and O–H groups in total. The van der Waals surface area contributed by atoms with E-state index in [2.05, 4.69) is 42.9 Å². The fourth-order valence-electron chi connectivity index (χ4n) is 4.24. The Morgan fingerprint density at radius 3 is 2.71 bits per heavy atom. The van der Waals surface area contributed by atoms with Crippen LogP contribution in [0.5, 0.6) is 0 Å². The second-order valence-corrected chi connectivity index (χ2v) is 7.44. The predicted molar refractivity (Wildman–Crippen MR) is 122 cm³/mol. The van der Waals surface area contributed by atoms with Gasteiger partial charge in [-0.05, 0) is 31.4 Å². The van der Waals surface area contributed by atoms with Crippen LogP contribution < -0.4 is 10.6 Å². The molecule has 1 aliphatic carbocycles. The molecule has 2 aromatic rings. The molecule has 8 heteroatoms. The van der Waals surface area contributed by atoms with Gasteiger partial charge < -0.3 is 10.6 Å². The van der Waals surface area contributed by atoms with Gasteiger partial charge in [0.1, 0.15) is 6.33 Å². The molecule has 1 aromatic carbocycles. The first-order valence-corrected chi connectivity index (χ1v) is 9.99.